The first kappa shape index (κ1) is 16.6. The fraction of sp³-hybridized carbons (Fsp3) is 0.389. The molecule has 1 saturated heterocycles. The van der Waals surface area contributed by atoms with Crippen LogP contribution < -0.4 is 4.90 Å². The number of hydrogen-bond donors (Lipinski definition) is 0. The third kappa shape index (κ3) is 3.46. The smallest absolute Gasteiger partial charge is 0.240 e. The lowest BCUT2D eigenvalue weighted by molar-refractivity contribution is -0.119. The Labute approximate surface area is 146 Å². The molecule has 2 aromatic rings. The molecule has 3 rings (SSSR count). The maximum Gasteiger partial charge on any atom is 0.240 e. The van der Waals surface area contributed by atoms with E-state index in [9.17, 15) is 4.79 Å². The minimum Gasteiger partial charge on any atom is -0.309 e. The van der Waals surface area contributed by atoms with Gasteiger partial charge in [-0.2, -0.15) is 10.4 Å². The third-order valence-electron chi connectivity index (χ3n) is 4.27. The monoisotopic (exact) mass is 340 g/mol. The molecule has 1 amide bonds. The van der Waals surface area contributed by atoms with Gasteiger partial charge in [0.05, 0.1) is 28.8 Å². The largest absolute Gasteiger partial charge is 0.309 e. The Balaban J connectivity index is 1.69. The Bertz CT molecular complexity index is 762. The van der Waals surface area contributed by atoms with Crippen molar-refractivity contribution in [2.45, 2.75) is 30.3 Å². The molecule has 5 nitrogen and oxygen atoms in total. The number of thioether (sulfide) groups is 1. The second-order valence-corrected chi connectivity index (χ2v) is 7.55. The zero-order valence-corrected chi connectivity index (χ0v) is 14.7. The van der Waals surface area contributed by atoms with Crippen LogP contribution in [0, 0.1) is 11.3 Å². The van der Waals surface area contributed by atoms with Crippen LogP contribution >= 0.6 is 11.8 Å². The predicted octanol–water partition coefficient (Wildman–Crippen LogP) is 3.28. The molecular formula is C18H20N4OS. The van der Waals surface area contributed by atoms with Crippen molar-refractivity contribution in [2.24, 2.45) is 7.05 Å². The first-order valence-electron chi connectivity index (χ1n) is 8.04. The predicted molar refractivity (Wildman–Crippen MR) is 95.7 cm³/mol. The molecular weight excluding hydrogens is 320 g/mol. The number of amides is 1. The second-order valence-electron chi connectivity index (χ2n) is 6.01. The topological polar surface area (TPSA) is 61.9 Å². The summed E-state index contributed by atoms with van der Waals surface area (Å²) in [7, 11) is 1.86. The number of carbonyl (C=O) groups excluding carboxylic acids is 1. The summed E-state index contributed by atoms with van der Waals surface area (Å²) in [6.45, 7) is 2.87. The standard InChI is InChI=1S/C18H20N4OS/c1-13(15-7-5-14(10-19)6-8-15)24-17-4-3-9-22(18(17)23)16-11-20-21(2)12-16/h5-8,11-13,17H,3-4,9H2,1-2H3/t13-,17-/m1/s1. The fourth-order valence-corrected chi connectivity index (χ4v) is 4.28. The lowest BCUT2D eigenvalue weighted by atomic mass is 10.1. The highest BCUT2D eigenvalue weighted by Gasteiger charge is 2.32. The van der Waals surface area contributed by atoms with Crippen molar-refractivity contribution in [3.63, 3.8) is 0 Å². The van der Waals surface area contributed by atoms with E-state index in [-0.39, 0.29) is 16.4 Å². The number of benzene rings is 1. The molecule has 2 atom stereocenters. The van der Waals surface area contributed by atoms with Crippen LogP contribution in [0.2, 0.25) is 0 Å². The zero-order chi connectivity index (χ0) is 17.1. The van der Waals surface area contributed by atoms with Crippen molar-refractivity contribution in [2.75, 3.05) is 11.4 Å². The molecule has 1 aromatic heterocycles. The van der Waals surface area contributed by atoms with Gasteiger partial charge in [-0.25, -0.2) is 0 Å². The van der Waals surface area contributed by atoms with Gasteiger partial charge in [-0.05, 0) is 37.5 Å². The molecule has 1 aliphatic heterocycles. The van der Waals surface area contributed by atoms with E-state index in [0.29, 0.717) is 5.56 Å². The van der Waals surface area contributed by atoms with Crippen molar-refractivity contribution >= 4 is 23.4 Å². The molecule has 124 valence electrons. The van der Waals surface area contributed by atoms with E-state index in [2.05, 4.69) is 18.1 Å². The number of hydrogen-bond acceptors (Lipinski definition) is 4. The van der Waals surface area contributed by atoms with Gasteiger partial charge in [0.2, 0.25) is 5.91 Å². The van der Waals surface area contributed by atoms with Crippen molar-refractivity contribution in [1.29, 1.82) is 5.26 Å². The van der Waals surface area contributed by atoms with Crippen LogP contribution in [0.5, 0.6) is 0 Å². The maximum atomic E-state index is 12.8. The number of anilines is 1. The molecule has 0 unspecified atom stereocenters. The Morgan fingerprint density at radius 2 is 2.12 bits per heavy atom. The lowest BCUT2D eigenvalue weighted by Gasteiger charge is -2.32. The van der Waals surface area contributed by atoms with Gasteiger partial charge in [0.25, 0.3) is 0 Å². The van der Waals surface area contributed by atoms with Gasteiger partial charge in [0.15, 0.2) is 0 Å². The van der Waals surface area contributed by atoms with E-state index in [1.54, 1.807) is 22.6 Å². The number of piperidine rings is 1. The van der Waals surface area contributed by atoms with Crippen LogP contribution in [0.1, 0.15) is 36.1 Å². The second kappa shape index (κ2) is 7.10. The fourth-order valence-electron chi connectivity index (χ4n) is 2.93. The molecule has 1 aliphatic rings. The number of aryl methyl sites for hydroxylation is 1. The first-order valence-corrected chi connectivity index (χ1v) is 8.98. The first-order chi connectivity index (χ1) is 11.6. The molecule has 6 heteroatoms. The molecule has 24 heavy (non-hydrogen) atoms. The summed E-state index contributed by atoms with van der Waals surface area (Å²) in [5, 5.41) is 13.2. The van der Waals surface area contributed by atoms with Crippen molar-refractivity contribution < 1.29 is 4.79 Å². The Kier molecular flexibility index (Phi) is 4.91. The lowest BCUT2D eigenvalue weighted by Crippen LogP contribution is -2.43. The molecule has 1 aromatic carbocycles. The van der Waals surface area contributed by atoms with Gasteiger partial charge in [0.1, 0.15) is 0 Å². The third-order valence-corrected chi connectivity index (χ3v) is 5.72. The van der Waals surface area contributed by atoms with E-state index in [4.69, 9.17) is 5.26 Å². The van der Waals surface area contributed by atoms with Gasteiger partial charge in [0, 0.05) is 25.0 Å². The van der Waals surface area contributed by atoms with Crippen LogP contribution in [-0.2, 0) is 11.8 Å². The number of nitriles is 1. The van der Waals surface area contributed by atoms with Crippen molar-refractivity contribution in [3.8, 4) is 6.07 Å². The Morgan fingerprint density at radius 1 is 1.38 bits per heavy atom. The number of nitrogens with zero attached hydrogens (tertiary/aromatic N) is 4. The molecule has 1 fully saturated rings. The summed E-state index contributed by atoms with van der Waals surface area (Å²) in [4.78, 5) is 14.7. The van der Waals surface area contributed by atoms with Crippen LogP contribution in [-0.4, -0.2) is 27.5 Å². The van der Waals surface area contributed by atoms with E-state index in [1.165, 1.54) is 0 Å². The van der Waals surface area contributed by atoms with Gasteiger partial charge < -0.3 is 4.90 Å². The number of aromatic nitrogens is 2. The van der Waals surface area contributed by atoms with E-state index < -0.39 is 0 Å². The quantitative estimate of drug-likeness (QED) is 0.857. The van der Waals surface area contributed by atoms with Gasteiger partial charge >= 0.3 is 0 Å². The minimum absolute atomic E-state index is 0.0374. The van der Waals surface area contributed by atoms with E-state index in [0.717, 1.165) is 30.6 Å². The summed E-state index contributed by atoms with van der Waals surface area (Å²) in [6.07, 6.45) is 5.53. The molecule has 0 spiro atoms. The molecule has 0 N–H and O–H groups in total. The highest BCUT2D eigenvalue weighted by Crippen LogP contribution is 2.37. The number of carbonyl (C=O) groups is 1. The van der Waals surface area contributed by atoms with Crippen LogP contribution in [0.3, 0.4) is 0 Å². The normalized spacial score (nSPS) is 19.1. The van der Waals surface area contributed by atoms with Gasteiger partial charge in [-0.15, -0.1) is 11.8 Å². The SMILES string of the molecule is C[C@@H](S[C@@H]1CCCN(c2cnn(C)c2)C1=O)c1ccc(C#N)cc1. The average molecular weight is 340 g/mol. The van der Waals surface area contributed by atoms with Gasteiger partial charge in [-0.1, -0.05) is 12.1 Å². The highest BCUT2D eigenvalue weighted by molar-refractivity contribution is 8.00. The van der Waals surface area contributed by atoms with Crippen LogP contribution in [0.15, 0.2) is 36.7 Å². The summed E-state index contributed by atoms with van der Waals surface area (Å²) in [5.74, 6) is 0.166. The minimum atomic E-state index is -0.0374. The molecule has 0 radical (unpaired) electrons. The van der Waals surface area contributed by atoms with E-state index in [1.807, 2.05) is 42.4 Å². The zero-order valence-electron chi connectivity index (χ0n) is 13.8. The van der Waals surface area contributed by atoms with Crippen molar-refractivity contribution in [3.05, 3.63) is 47.8 Å². The summed E-state index contributed by atoms with van der Waals surface area (Å²) < 4.78 is 1.72. The average Bonchev–Trinajstić information content (AvgIpc) is 3.03. The number of rotatable bonds is 4. The summed E-state index contributed by atoms with van der Waals surface area (Å²) in [5.41, 5.74) is 2.68. The van der Waals surface area contributed by atoms with Crippen LogP contribution in [0.25, 0.3) is 0 Å². The maximum absolute atomic E-state index is 12.8. The molecule has 0 bridgehead atoms. The van der Waals surface area contributed by atoms with Crippen molar-refractivity contribution in [1.82, 2.24) is 9.78 Å². The summed E-state index contributed by atoms with van der Waals surface area (Å²) in [6, 6.07) is 9.74. The molecule has 0 saturated carbocycles. The van der Waals surface area contributed by atoms with Gasteiger partial charge in [-0.3, -0.25) is 9.48 Å². The molecule has 0 aliphatic carbocycles. The summed E-state index contributed by atoms with van der Waals surface area (Å²) >= 11 is 1.70. The molecule has 2 heterocycles. The Hall–Kier alpha value is -2.26. The van der Waals surface area contributed by atoms with E-state index >= 15 is 0 Å². The Morgan fingerprint density at radius 3 is 2.75 bits per heavy atom. The van der Waals surface area contributed by atoms with Crippen LogP contribution in [0.4, 0.5) is 5.69 Å². The highest BCUT2D eigenvalue weighted by atomic mass is 32.2.